The minimum absolute atomic E-state index is 0.729. The number of benzene rings is 3. The normalized spacial score (nSPS) is 8.22. The molecule has 0 radical (unpaired) electrons. The average Bonchev–Trinajstić information content (AvgIpc) is 3.19. The number of hydrogen-bond donors (Lipinski definition) is 3. The van der Waals surface area contributed by atoms with E-state index in [9.17, 15) is 4.79 Å². The molecule has 0 heterocycles. The zero-order valence-corrected chi connectivity index (χ0v) is 34.7. The van der Waals surface area contributed by atoms with E-state index >= 15 is 0 Å². The Balaban J connectivity index is -0.0000000874. The van der Waals surface area contributed by atoms with E-state index in [2.05, 4.69) is 65.7 Å². The lowest BCUT2D eigenvalue weighted by atomic mass is 10.2. The van der Waals surface area contributed by atoms with Crippen LogP contribution in [-0.2, 0) is 11.3 Å². The Hall–Kier alpha value is -3.78. The lowest BCUT2D eigenvalue weighted by Gasteiger charge is -1.99. The summed E-state index contributed by atoms with van der Waals surface area (Å²) in [7, 11) is 0. The van der Waals surface area contributed by atoms with Crippen LogP contribution in [0, 0.1) is 0 Å². The fraction of sp³-hybridized carbons (Fsp3) is 0.488. The number of rotatable bonds is 9. The number of nitrogens with zero attached hydrogens (tertiary/aromatic N) is 2. The van der Waals surface area contributed by atoms with E-state index in [1.54, 1.807) is 18.3 Å². The van der Waals surface area contributed by atoms with Gasteiger partial charge in [0, 0.05) is 31.4 Å². The number of nitrogens with two attached hydrogens (primary N) is 1. The van der Waals surface area contributed by atoms with Gasteiger partial charge in [0.05, 0.1) is 0 Å². The fourth-order valence-electron chi connectivity index (χ4n) is 2.57. The standard InChI is InChI=1S/C9H13N.C9H11N.C7H6O.C4H11N.C4H9N.C2H7N.C2H4O.3C2H6/c2*1-2-10-8-9-6-4-3-5-7-9;8-6-7-4-2-1-3-5-7;2*1-3-5-4-2;2*1-2-3;3*1-2/h3-7,10H,2,8H2,1H3;3-8H,2H2,1H3;1-6H;5H,3-4H2,1-2H3;3H,4H2,1-2H3;2-3H2,1H3;2H,1H3;3*1-2H3. The Morgan fingerprint density at radius 3 is 1.14 bits per heavy atom. The van der Waals surface area contributed by atoms with Crippen molar-refractivity contribution in [3.05, 3.63) is 108 Å². The number of nitrogens with one attached hydrogen (secondary N) is 2. The molecule has 3 aromatic rings. The van der Waals surface area contributed by atoms with Crippen LogP contribution in [0.25, 0.3) is 0 Å². The number of hydrogen-bond acceptors (Lipinski definition) is 7. The first-order chi connectivity index (χ1) is 24.5. The highest BCUT2D eigenvalue weighted by Gasteiger charge is 1.86. The maximum Gasteiger partial charge on any atom is 0.150 e. The van der Waals surface area contributed by atoms with Crippen LogP contribution >= 0.6 is 0 Å². The highest BCUT2D eigenvalue weighted by Crippen LogP contribution is 1.96. The molecular formula is C43H79N5O2. The van der Waals surface area contributed by atoms with Gasteiger partial charge in [-0.2, -0.15) is 0 Å². The summed E-state index contributed by atoms with van der Waals surface area (Å²) in [4.78, 5) is 26.8. The summed E-state index contributed by atoms with van der Waals surface area (Å²) in [5.41, 5.74) is 8.10. The van der Waals surface area contributed by atoms with Gasteiger partial charge in [0.25, 0.3) is 0 Å². The van der Waals surface area contributed by atoms with Gasteiger partial charge in [0.1, 0.15) is 12.6 Å². The van der Waals surface area contributed by atoms with Crippen LogP contribution in [-0.4, -0.2) is 64.3 Å². The summed E-state index contributed by atoms with van der Waals surface area (Å²) >= 11 is 0. The molecule has 7 nitrogen and oxygen atoms in total. The molecule has 0 spiro atoms. The molecular weight excluding hydrogens is 619 g/mol. The molecule has 0 aromatic heterocycles. The molecule has 0 atom stereocenters. The number of carbonyl (C=O) groups is 2. The molecule has 0 aliphatic rings. The van der Waals surface area contributed by atoms with Gasteiger partial charge in [-0.1, -0.05) is 160 Å². The van der Waals surface area contributed by atoms with Gasteiger partial charge in [0.15, 0.2) is 0 Å². The van der Waals surface area contributed by atoms with Gasteiger partial charge in [-0.25, -0.2) is 0 Å². The minimum atomic E-state index is 0.729. The van der Waals surface area contributed by atoms with E-state index in [-0.39, 0.29) is 0 Å². The summed E-state index contributed by atoms with van der Waals surface area (Å²) in [5.74, 6) is 0. The first kappa shape index (κ1) is 61.4. The van der Waals surface area contributed by atoms with Crippen molar-refractivity contribution in [1.29, 1.82) is 0 Å². The summed E-state index contributed by atoms with van der Waals surface area (Å²) in [5, 5.41) is 6.38. The zero-order chi connectivity index (χ0) is 39.9. The van der Waals surface area contributed by atoms with Gasteiger partial charge in [-0.3, -0.25) is 14.8 Å². The van der Waals surface area contributed by atoms with Gasteiger partial charge in [0.2, 0.25) is 0 Å². The van der Waals surface area contributed by atoms with Crippen molar-refractivity contribution in [2.45, 2.75) is 103 Å². The molecule has 0 aliphatic heterocycles. The van der Waals surface area contributed by atoms with Gasteiger partial charge >= 0.3 is 0 Å². The zero-order valence-electron chi connectivity index (χ0n) is 34.7. The molecule has 288 valence electrons. The predicted molar refractivity (Wildman–Crippen MR) is 230 cm³/mol. The van der Waals surface area contributed by atoms with Crippen molar-refractivity contribution < 1.29 is 9.59 Å². The Morgan fingerprint density at radius 1 is 0.560 bits per heavy atom. The third-order valence-corrected chi connectivity index (χ3v) is 4.45. The summed E-state index contributed by atoms with van der Waals surface area (Å²) in [6, 6.07) is 29.6. The molecule has 3 aromatic carbocycles. The molecule has 3 rings (SSSR count). The van der Waals surface area contributed by atoms with Crippen molar-refractivity contribution in [1.82, 2.24) is 10.6 Å². The molecule has 0 amide bonds. The quantitative estimate of drug-likeness (QED) is 0.152. The SMILES string of the molecule is CC.CC.CC.CC=NCC.CC=O.CCN.CCN=Cc1ccccc1.CCNCC.CCNCc1ccccc1.O=Cc1ccccc1. The Kier molecular flexibility index (Phi) is 87.6. The summed E-state index contributed by atoms with van der Waals surface area (Å²) < 4.78 is 0. The Morgan fingerprint density at radius 2 is 0.900 bits per heavy atom. The highest BCUT2D eigenvalue weighted by atomic mass is 16.1. The van der Waals surface area contributed by atoms with Crippen molar-refractivity contribution in [3.63, 3.8) is 0 Å². The second kappa shape index (κ2) is 71.3. The number of carbonyl (C=O) groups excluding carboxylic acids is 2. The second-order valence-corrected chi connectivity index (χ2v) is 8.19. The van der Waals surface area contributed by atoms with Crippen LogP contribution in [0.15, 0.2) is 101 Å². The molecule has 0 bridgehead atoms. The van der Waals surface area contributed by atoms with E-state index in [0.29, 0.717) is 0 Å². The Labute approximate surface area is 310 Å². The maximum atomic E-state index is 10.0. The third-order valence-electron chi connectivity index (χ3n) is 4.45. The molecule has 0 aliphatic carbocycles. The lowest BCUT2D eigenvalue weighted by Crippen LogP contribution is -2.11. The van der Waals surface area contributed by atoms with Crippen LogP contribution in [0.5, 0.6) is 0 Å². The van der Waals surface area contributed by atoms with Crippen LogP contribution in [0.2, 0.25) is 0 Å². The molecule has 4 N–H and O–H groups in total. The average molecular weight is 698 g/mol. The summed E-state index contributed by atoms with van der Waals surface area (Å²) in [6.45, 7) is 34.4. The van der Waals surface area contributed by atoms with Crippen LogP contribution in [0.3, 0.4) is 0 Å². The van der Waals surface area contributed by atoms with E-state index in [0.717, 1.165) is 63.9 Å². The van der Waals surface area contributed by atoms with Gasteiger partial charge in [-0.05, 0) is 71.2 Å². The fourth-order valence-corrected chi connectivity index (χ4v) is 2.57. The van der Waals surface area contributed by atoms with Crippen LogP contribution in [0.4, 0.5) is 0 Å². The molecule has 0 fully saturated rings. The van der Waals surface area contributed by atoms with Crippen molar-refractivity contribution in [3.8, 4) is 0 Å². The largest absolute Gasteiger partial charge is 0.331 e. The topological polar surface area (TPSA) is 109 Å². The number of aldehydes is 2. The maximum absolute atomic E-state index is 10.0. The molecule has 0 saturated carbocycles. The second-order valence-electron chi connectivity index (χ2n) is 8.19. The van der Waals surface area contributed by atoms with E-state index < -0.39 is 0 Å². The first-order valence-electron chi connectivity index (χ1n) is 18.5. The monoisotopic (exact) mass is 698 g/mol. The molecule has 0 unspecified atom stereocenters. The van der Waals surface area contributed by atoms with Crippen molar-refractivity contribution in [2.75, 3.05) is 39.3 Å². The molecule has 0 saturated heterocycles. The minimum Gasteiger partial charge on any atom is -0.331 e. The van der Waals surface area contributed by atoms with E-state index in [1.807, 2.05) is 130 Å². The van der Waals surface area contributed by atoms with Crippen LogP contribution < -0.4 is 16.4 Å². The molecule has 7 heteroatoms. The Bertz CT molecular complexity index is 966. The lowest BCUT2D eigenvalue weighted by molar-refractivity contribution is -0.106. The van der Waals surface area contributed by atoms with E-state index in [1.165, 1.54) is 18.1 Å². The van der Waals surface area contributed by atoms with Gasteiger partial charge in [-0.15, -0.1) is 0 Å². The highest BCUT2D eigenvalue weighted by molar-refractivity contribution is 5.79. The van der Waals surface area contributed by atoms with Crippen LogP contribution in [0.1, 0.15) is 118 Å². The first-order valence-corrected chi connectivity index (χ1v) is 18.5. The summed E-state index contributed by atoms with van der Waals surface area (Å²) in [6.07, 6.45) is 5.28. The smallest absolute Gasteiger partial charge is 0.150 e. The third kappa shape index (κ3) is 70.5. The van der Waals surface area contributed by atoms with Gasteiger partial charge < -0.3 is 21.2 Å². The van der Waals surface area contributed by atoms with E-state index in [4.69, 9.17) is 10.5 Å². The van der Waals surface area contributed by atoms with Crippen molar-refractivity contribution >= 4 is 25.0 Å². The van der Waals surface area contributed by atoms with Crippen molar-refractivity contribution in [2.24, 2.45) is 15.7 Å². The number of aliphatic imine (C=N–C) groups is 2. The predicted octanol–water partition coefficient (Wildman–Crippen LogP) is 10.4. The molecule has 50 heavy (non-hydrogen) atoms.